The third-order valence-electron chi connectivity index (χ3n) is 4.48. The summed E-state index contributed by atoms with van der Waals surface area (Å²) in [5.41, 5.74) is 0. The molecule has 2 aliphatic heterocycles. The quantitative estimate of drug-likeness (QED) is 0.670. The topological polar surface area (TPSA) is 15.3 Å². The van der Waals surface area contributed by atoms with Crippen LogP contribution in [0.4, 0.5) is 0 Å². The lowest BCUT2D eigenvalue weighted by molar-refractivity contribution is 0.301. The van der Waals surface area contributed by atoms with Crippen LogP contribution in [0.5, 0.6) is 0 Å². The Kier molecular flexibility index (Phi) is 10.5. The molecule has 0 aromatic rings. The van der Waals surface area contributed by atoms with E-state index in [1.807, 2.05) is 23.5 Å². The minimum atomic E-state index is 0.690. The second-order valence-electron chi connectivity index (χ2n) is 7.52. The highest BCUT2D eigenvalue weighted by atomic mass is 32.2. The van der Waals surface area contributed by atoms with Crippen molar-refractivity contribution in [2.45, 2.75) is 76.2 Å². The van der Waals surface area contributed by atoms with Gasteiger partial charge in [0.05, 0.1) is 5.37 Å². The van der Waals surface area contributed by atoms with E-state index in [4.69, 9.17) is 0 Å². The van der Waals surface area contributed by atoms with Gasteiger partial charge in [-0.05, 0) is 32.2 Å². The first-order valence-corrected chi connectivity index (χ1v) is 11.0. The summed E-state index contributed by atoms with van der Waals surface area (Å²) in [6, 6.07) is 0. The summed E-state index contributed by atoms with van der Waals surface area (Å²) in [6.45, 7) is 13.9. The predicted molar refractivity (Wildman–Crippen MR) is 106 cm³/mol. The summed E-state index contributed by atoms with van der Waals surface area (Å²) >= 11 is 4.04. The van der Waals surface area contributed by atoms with E-state index in [0.717, 1.165) is 22.3 Å². The Morgan fingerprint density at radius 1 is 0.955 bits per heavy atom. The highest BCUT2D eigenvalue weighted by Crippen LogP contribution is 2.27. The van der Waals surface area contributed by atoms with Crippen LogP contribution in [0, 0.1) is 11.8 Å². The highest BCUT2D eigenvalue weighted by molar-refractivity contribution is 8.00. The lowest BCUT2D eigenvalue weighted by atomic mass is 9.84. The Morgan fingerprint density at radius 2 is 1.59 bits per heavy atom. The molecule has 22 heavy (non-hydrogen) atoms. The molecule has 0 radical (unpaired) electrons. The van der Waals surface area contributed by atoms with Gasteiger partial charge >= 0.3 is 0 Å². The molecule has 1 aliphatic carbocycles. The molecule has 0 spiro atoms. The molecule has 3 aliphatic rings. The molecule has 0 bridgehead atoms. The Balaban J connectivity index is 0.000000166. The minimum Gasteiger partial charge on any atom is -0.304 e. The Hall–Kier alpha value is 0.620. The van der Waals surface area contributed by atoms with Gasteiger partial charge < -0.3 is 5.32 Å². The summed E-state index contributed by atoms with van der Waals surface area (Å²) < 4.78 is 0. The van der Waals surface area contributed by atoms with Crippen molar-refractivity contribution in [1.82, 2.24) is 10.2 Å². The van der Waals surface area contributed by atoms with Gasteiger partial charge in [0.15, 0.2) is 0 Å². The number of thioether (sulfide) groups is 2. The Bertz CT molecular complexity index is 246. The van der Waals surface area contributed by atoms with E-state index in [1.165, 1.54) is 44.6 Å². The molecule has 3 rings (SSSR count). The van der Waals surface area contributed by atoms with Crippen LogP contribution in [0.3, 0.4) is 0 Å². The molecule has 5 atom stereocenters. The molecule has 132 valence electrons. The van der Waals surface area contributed by atoms with E-state index in [2.05, 4.69) is 51.9 Å². The smallest absolute Gasteiger partial charge is 0.0507 e. The maximum atomic E-state index is 3.33. The van der Waals surface area contributed by atoms with Gasteiger partial charge in [-0.1, -0.05) is 47.0 Å². The molecule has 1 N–H and O–H groups in total. The van der Waals surface area contributed by atoms with E-state index < -0.39 is 0 Å². The fourth-order valence-electron chi connectivity index (χ4n) is 3.31. The molecule has 2 heterocycles. The standard InChI is InChI=1S/C8H16.2C5H11NS/c1-7-4-3-5-8(2)6-7;1-5-3-6(2)4-7-5;1-4-3-6-5(2)7-4/h7-8H,3-6H2,1-2H3;5H,3-4H2,1-2H3;4-6H,3H2,1-2H3. The molecular weight excluding hydrogens is 308 g/mol. The molecular formula is C18H38N2S2. The van der Waals surface area contributed by atoms with Crippen molar-refractivity contribution in [3.63, 3.8) is 0 Å². The van der Waals surface area contributed by atoms with Crippen molar-refractivity contribution in [3.8, 4) is 0 Å². The lowest BCUT2D eigenvalue weighted by Crippen LogP contribution is -2.16. The van der Waals surface area contributed by atoms with E-state index in [0.29, 0.717) is 5.37 Å². The number of nitrogens with one attached hydrogen (secondary N) is 1. The fraction of sp³-hybridized carbons (Fsp3) is 1.00. The summed E-state index contributed by atoms with van der Waals surface area (Å²) in [6.07, 6.45) is 5.90. The molecule has 5 unspecified atom stereocenters. The fourth-order valence-corrected chi connectivity index (χ4v) is 5.37. The van der Waals surface area contributed by atoms with Gasteiger partial charge in [-0.2, -0.15) is 0 Å². The van der Waals surface area contributed by atoms with Crippen LogP contribution >= 0.6 is 23.5 Å². The van der Waals surface area contributed by atoms with Gasteiger partial charge in [-0.3, -0.25) is 4.90 Å². The van der Waals surface area contributed by atoms with Crippen molar-refractivity contribution >= 4 is 23.5 Å². The molecule has 2 nitrogen and oxygen atoms in total. The molecule has 2 saturated heterocycles. The Morgan fingerprint density at radius 3 is 1.77 bits per heavy atom. The van der Waals surface area contributed by atoms with Crippen molar-refractivity contribution in [3.05, 3.63) is 0 Å². The predicted octanol–water partition coefficient (Wildman–Crippen LogP) is 4.90. The molecule has 0 amide bonds. The first kappa shape index (κ1) is 20.7. The van der Waals surface area contributed by atoms with Gasteiger partial charge in [0.2, 0.25) is 0 Å². The van der Waals surface area contributed by atoms with Crippen LogP contribution in [0.1, 0.15) is 60.3 Å². The summed E-state index contributed by atoms with van der Waals surface area (Å²) in [5.74, 6) is 3.25. The van der Waals surface area contributed by atoms with E-state index in [-0.39, 0.29) is 0 Å². The first-order valence-electron chi connectivity index (χ1n) is 9.05. The van der Waals surface area contributed by atoms with Crippen LogP contribution in [0.2, 0.25) is 0 Å². The van der Waals surface area contributed by atoms with Crippen molar-refractivity contribution in [2.75, 3.05) is 26.0 Å². The monoisotopic (exact) mass is 346 g/mol. The summed E-state index contributed by atoms with van der Waals surface area (Å²) in [5, 5.41) is 5.72. The number of hydrogen-bond donors (Lipinski definition) is 1. The summed E-state index contributed by atoms with van der Waals surface area (Å²) in [4.78, 5) is 2.34. The third kappa shape index (κ3) is 9.69. The maximum absolute atomic E-state index is 3.33. The number of rotatable bonds is 0. The normalized spacial score (nSPS) is 38.7. The van der Waals surface area contributed by atoms with Gasteiger partial charge in [0.25, 0.3) is 0 Å². The van der Waals surface area contributed by atoms with Gasteiger partial charge in [-0.15, -0.1) is 23.5 Å². The first-order chi connectivity index (χ1) is 10.4. The van der Waals surface area contributed by atoms with Crippen molar-refractivity contribution < 1.29 is 0 Å². The second-order valence-corrected chi connectivity index (χ2v) is 10.7. The van der Waals surface area contributed by atoms with Gasteiger partial charge in [0.1, 0.15) is 0 Å². The molecule has 4 heteroatoms. The molecule has 0 aromatic carbocycles. The summed E-state index contributed by atoms with van der Waals surface area (Å²) in [7, 11) is 2.16. The number of nitrogens with zero attached hydrogens (tertiary/aromatic N) is 1. The average molecular weight is 347 g/mol. The van der Waals surface area contributed by atoms with Crippen molar-refractivity contribution in [1.29, 1.82) is 0 Å². The molecule has 3 fully saturated rings. The van der Waals surface area contributed by atoms with Crippen LogP contribution in [0.25, 0.3) is 0 Å². The molecule has 0 aromatic heterocycles. The average Bonchev–Trinajstić information content (AvgIpc) is 2.99. The van der Waals surface area contributed by atoms with Crippen LogP contribution in [0.15, 0.2) is 0 Å². The minimum absolute atomic E-state index is 0.690. The maximum Gasteiger partial charge on any atom is 0.0507 e. The van der Waals surface area contributed by atoms with E-state index >= 15 is 0 Å². The van der Waals surface area contributed by atoms with Gasteiger partial charge in [0, 0.05) is 29.5 Å². The van der Waals surface area contributed by atoms with Crippen LogP contribution < -0.4 is 5.32 Å². The zero-order valence-electron chi connectivity index (χ0n) is 15.6. The Labute approximate surface area is 147 Å². The van der Waals surface area contributed by atoms with Gasteiger partial charge in [-0.25, -0.2) is 0 Å². The number of hydrogen-bond acceptors (Lipinski definition) is 4. The largest absolute Gasteiger partial charge is 0.304 e. The van der Waals surface area contributed by atoms with E-state index in [1.54, 1.807) is 0 Å². The SMILES string of the molecule is CC1CCCC(C)C1.CC1CN(C)CS1.CC1CNC(C)S1. The van der Waals surface area contributed by atoms with E-state index in [9.17, 15) is 0 Å². The second kappa shape index (κ2) is 11.2. The van der Waals surface area contributed by atoms with Crippen LogP contribution in [-0.4, -0.2) is 46.8 Å². The molecule has 1 saturated carbocycles. The third-order valence-corrected chi connectivity index (χ3v) is 6.99. The van der Waals surface area contributed by atoms with Crippen molar-refractivity contribution in [2.24, 2.45) is 11.8 Å². The zero-order valence-corrected chi connectivity index (χ0v) is 17.2. The highest BCUT2D eigenvalue weighted by Gasteiger charge is 2.15. The van der Waals surface area contributed by atoms with Crippen LogP contribution in [-0.2, 0) is 0 Å². The lowest BCUT2D eigenvalue weighted by Gasteiger charge is -2.22. The zero-order chi connectivity index (χ0) is 16.5.